The van der Waals surface area contributed by atoms with E-state index in [1.807, 2.05) is 0 Å². The van der Waals surface area contributed by atoms with Gasteiger partial charge in [-0.3, -0.25) is 0 Å². The van der Waals surface area contributed by atoms with E-state index in [1.165, 1.54) is 4.88 Å². The van der Waals surface area contributed by atoms with E-state index in [4.69, 9.17) is 0 Å². The Balaban J connectivity index is 2.58. The Kier molecular flexibility index (Phi) is 2.46. The monoisotopic (exact) mass is 154 g/mol. The van der Waals surface area contributed by atoms with Crippen molar-refractivity contribution in [1.82, 2.24) is 4.90 Å². The molecule has 0 unspecified atom stereocenters. The van der Waals surface area contributed by atoms with E-state index in [0.717, 1.165) is 11.4 Å². The van der Waals surface area contributed by atoms with Crippen molar-refractivity contribution < 1.29 is 0 Å². The molecule has 1 heterocycles. The van der Waals surface area contributed by atoms with Crippen molar-refractivity contribution in [3.05, 3.63) is 28.8 Å². The molecule has 1 aromatic rings. The molecule has 1 radical (unpaired) electrons. The van der Waals surface area contributed by atoms with Crippen molar-refractivity contribution in [2.75, 3.05) is 14.1 Å². The van der Waals surface area contributed by atoms with Gasteiger partial charge in [0.05, 0.1) is 0 Å². The summed E-state index contributed by atoms with van der Waals surface area (Å²) in [7, 11) is 4.14. The predicted octanol–water partition coefficient (Wildman–Crippen LogP) is 1.99. The Hall–Kier alpha value is -0.340. The van der Waals surface area contributed by atoms with E-state index < -0.39 is 0 Å². The third kappa shape index (κ3) is 2.12. The van der Waals surface area contributed by atoms with Gasteiger partial charge in [0.2, 0.25) is 0 Å². The molecule has 1 aromatic heterocycles. The van der Waals surface area contributed by atoms with Gasteiger partial charge in [0.1, 0.15) is 0 Å². The SMILES string of the molecule is [CH2]c1ccc(CN(C)C)s1. The van der Waals surface area contributed by atoms with Gasteiger partial charge in [0, 0.05) is 16.3 Å². The molecule has 1 rings (SSSR count). The van der Waals surface area contributed by atoms with E-state index in [2.05, 4.69) is 38.1 Å². The van der Waals surface area contributed by atoms with Crippen LogP contribution < -0.4 is 0 Å². The lowest BCUT2D eigenvalue weighted by Gasteiger charge is -2.05. The second-order valence-corrected chi connectivity index (χ2v) is 3.86. The lowest BCUT2D eigenvalue weighted by Crippen LogP contribution is -2.09. The summed E-state index contributed by atoms with van der Waals surface area (Å²) in [6, 6.07) is 4.19. The highest BCUT2D eigenvalue weighted by molar-refractivity contribution is 7.12. The van der Waals surface area contributed by atoms with Crippen molar-refractivity contribution in [3.8, 4) is 0 Å². The minimum atomic E-state index is 1.03. The quantitative estimate of drug-likeness (QED) is 0.629. The first kappa shape index (κ1) is 7.76. The van der Waals surface area contributed by atoms with Gasteiger partial charge in [-0.05, 0) is 33.2 Å². The molecule has 55 valence electrons. The smallest absolute Gasteiger partial charge is 0.0321 e. The topological polar surface area (TPSA) is 3.24 Å². The molecule has 2 heteroatoms. The fraction of sp³-hybridized carbons (Fsp3) is 0.375. The molecule has 0 aliphatic carbocycles. The van der Waals surface area contributed by atoms with Crippen molar-refractivity contribution in [3.63, 3.8) is 0 Å². The van der Waals surface area contributed by atoms with E-state index in [-0.39, 0.29) is 0 Å². The number of rotatable bonds is 2. The maximum absolute atomic E-state index is 3.85. The number of thiophene rings is 1. The van der Waals surface area contributed by atoms with Crippen LogP contribution in [-0.4, -0.2) is 19.0 Å². The maximum Gasteiger partial charge on any atom is 0.0321 e. The van der Waals surface area contributed by atoms with Gasteiger partial charge in [-0.25, -0.2) is 0 Å². The van der Waals surface area contributed by atoms with Gasteiger partial charge in [0.15, 0.2) is 0 Å². The van der Waals surface area contributed by atoms with Crippen LogP contribution in [0.1, 0.15) is 9.75 Å². The van der Waals surface area contributed by atoms with Crippen LogP contribution in [0.2, 0.25) is 0 Å². The Morgan fingerprint density at radius 1 is 1.50 bits per heavy atom. The molecule has 0 bridgehead atoms. The van der Waals surface area contributed by atoms with E-state index in [0.29, 0.717) is 0 Å². The van der Waals surface area contributed by atoms with Gasteiger partial charge >= 0.3 is 0 Å². The van der Waals surface area contributed by atoms with Crippen molar-refractivity contribution in [1.29, 1.82) is 0 Å². The van der Waals surface area contributed by atoms with Crippen molar-refractivity contribution in [2.45, 2.75) is 6.54 Å². The van der Waals surface area contributed by atoms with Gasteiger partial charge < -0.3 is 4.90 Å². The van der Waals surface area contributed by atoms with Crippen LogP contribution in [0.3, 0.4) is 0 Å². The third-order valence-corrected chi connectivity index (χ3v) is 2.12. The zero-order valence-corrected chi connectivity index (χ0v) is 7.24. The predicted molar refractivity (Wildman–Crippen MR) is 46.2 cm³/mol. The minimum absolute atomic E-state index is 1.03. The van der Waals surface area contributed by atoms with Gasteiger partial charge in [0.25, 0.3) is 0 Å². The summed E-state index contributed by atoms with van der Waals surface area (Å²) in [5.41, 5.74) is 0. The van der Waals surface area contributed by atoms with Gasteiger partial charge in [-0.15, -0.1) is 11.3 Å². The first-order valence-electron chi connectivity index (χ1n) is 3.24. The first-order valence-corrected chi connectivity index (χ1v) is 4.05. The Labute approximate surface area is 66.3 Å². The average Bonchev–Trinajstić information content (AvgIpc) is 2.13. The second-order valence-electron chi connectivity index (χ2n) is 2.61. The molecule has 0 amide bonds. The number of nitrogens with zero attached hydrogens (tertiary/aromatic N) is 1. The highest BCUT2D eigenvalue weighted by atomic mass is 32.1. The largest absolute Gasteiger partial charge is 0.304 e. The molecular weight excluding hydrogens is 142 g/mol. The highest BCUT2D eigenvalue weighted by Gasteiger charge is 1.96. The Morgan fingerprint density at radius 2 is 2.20 bits per heavy atom. The van der Waals surface area contributed by atoms with Crippen LogP contribution in [0.5, 0.6) is 0 Å². The third-order valence-electron chi connectivity index (χ3n) is 1.19. The molecule has 0 spiro atoms. The summed E-state index contributed by atoms with van der Waals surface area (Å²) in [4.78, 5) is 4.69. The Morgan fingerprint density at radius 3 is 2.60 bits per heavy atom. The molecule has 0 aliphatic rings. The summed E-state index contributed by atoms with van der Waals surface area (Å²) in [5.74, 6) is 0. The summed E-state index contributed by atoms with van der Waals surface area (Å²) < 4.78 is 0. The summed E-state index contributed by atoms with van der Waals surface area (Å²) in [6.07, 6.45) is 0. The van der Waals surface area contributed by atoms with Crippen molar-refractivity contribution in [2.24, 2.45) is 0 Å². The molecule has 0 fully saturated rings. The van der Waals surface area contributed by atoms with Crippen LogP contribution in [0, 0.1) is 6.92 Å². The summed E-state index contributed by atoms with van der Waals surface area (Å²) in [5, 5.41) is 0. The highest BCUT2D eigenvalue weighted by Crippen LogP contribution is 2.15. The van der Waals surface area contributed by atoms with Gasteiger partial charge in [-0.2, -0.15) is 0 Å². The maximum atomic E-state index is 3.85. The van der Waals surface area contributed by atoms with E-state index in [9.17, 15) is 0 Å². The first-order chi connectivity index (χ1) is 4.68. The number of hydrogen-bond acceptors (Lipinski definition) is 2. The van der Waals surface area contributed by atoms with Crippen LogP contribution >= 0.6 is 11.3 Å². The van der Waals surface area contributed by atoms with Gasteiger partial charge in [-0.1, -0.05) is 0 Å². The summed E-state index contributed by atoms with van der Waals surface area (Å²) in [6.45, 7) is 4.88. The van der Waals surface area contributed by atoms with Crippen LogP contribution in [0.25, 0.3) is 0 Å². The van der Waals surface area contributed by atoms with Crippen LogP contribution in [0.4, 0.5) is 0 Å². The lowest BCUT2D eigenvalue weighted by atomic mass is 10.4. The number of hydrogen-bond donors (Lipinski definition) is 0. The molecule has 0 N–H and O–H groups in total. The fourth-order valence-corrected chi connectivity index (χ4v) is 1.75. The zero-order chi connectivity index (χ0) is 7.56. The van der Waals surface area contributed by atoms with Crippen LogP contribution in [-0.2, 0) is 6.54 Å². The normalized spacial score (nSPS) is 10.8. The molecule has 0 saturated carbocycles. The molecule has 1 nitrogen and oxygen atoms in total. The molecular formula is C8H12NS. The van der Waals surface area contributed by atoms with Crippen LogP contribution in [0.15, 0.2) is 12.1 Å². The fourth-order valence-electron chi connectivity index (χ4n) is 0.819. The second kappa shape index (κ2) is 3.17. The molecule has 0 atom stereocenters. The molecule has 0 aliphatic heterocycles. The zero-order valence-electron chi connectivity index (χ0n) is 6.42. The summed E-state index contributed by atoms with van der Waals surface area (Å²) >= 11 is 1.76. The molecule has 10 heavy (non-hydrogen) atoms. The standard InChI is InChI=1S/C8H12NS/c1-7-4-5-8(10-7)6-9(2)3/h4-5H,1,6H2,2-3H3. The van der Waals surface area contributed by atoms with E-state index >= 15 is 0 Å². The molecule has 0 saturated heterocycles. The lowest BCUT2D eigenvalue weighted by molar-refractivity contribution is 0.406. The average molecular weight is 154 g/mol. The minimum Gasteiger partial charge on any atom is -0.304 e. The van der Waals surface area contributed by atoms with E-state index in [1.54, 1.807) is 11.3 Å². The van der Waals surface area contributed by atoms with Crippen molar-refractivity contribution >= 4 is 11.3 Å². The Bertz CT molecular complexity index is 203. The molecule has 0 aromatic carbocycles.